The number of halogens is 3. The number of nitrogens with zero attached hydrogens (tertiary/aromatic N) is 2. The number of alkyl halides is 3. The molecule has 0 atom stereocenters. The normalized spacial score (nSPS) is 15.2. The van der Waals surface area contributed by atoms with Crippen LogP contribution in [0.25, 0.3) is 5.70 Å². The average Bonchev–Trinajstić information content (AvgIpc) is 2.88. The Balaban J connectivity index is 1.51. The van der Waals surface area contributed by atoms with Crippen LogP contribution >= 0.6 is 0 Å². The maximum absolute atomic E-state index is 13.0. The molecule has 0 radical (unpaired) electrons. The maximum atomic E-state index is 13.0. The molecule has 5 rings (SSSR count). The number of aliphatic carboxylic acids is 1. The van der Waals surface area contributed by atoms with Gasteiger partial charge in [0.15, 0.2) is 0 Å². The minimum absolute atomic E-state index is 0.102. The Morgan fingerprint density at radius 1 is 0.861 bits per heavy atom. The summed E-state index contributed by atoms with van der Waals surface area (Å²) < 4.78 is 44.9. The van der Waals surface area contributed by atoms with Gasteiger partial charge in [-0.3, -0.25) is 0 Å². The molecule has 1 N–H and O–H groups in total. The van der Waals surface area contributed by atoms with Crippen molar-refractivity contribution in [2.45, 2.75) is 6.18 Å². The highest BCUT2D eigenvalue weighted by atomic mass is 19.4. The fraction of sp³-hybridized carbons (Fsp3) is 0.0714. The Bertz CT molecular complexity index is 1420. The second-order valence-corrected chi connectivity index (χ2v) is 8.12. The molecule has 0 saturated heterocycles. The van der Waals surface area contributed by atoms with E-state index in [0.717, 1.165) is 23.4 Å². The molecule has 3 aromatic carbocycles. The first-order valence-corrected chi connectivity index (χ1v) is 11.0. The topological polar surface area (TPSA) is 62.1 Å². The monoisotopic (exact) mass is 488 g/mol. The van der Waals surface area contributed by atoms with Crippen LogP contribution in [0.2, 0.25) is 0 Å². The molecule has 0 spiro atoms. The van der Waals surface area contributed by atoms with E-state index < -0.39 is 17.7 Å². The third-order valence-electron chi connectivity index (χ3n) is 5.74. The molecule has 0 unspecified atom stereocenters. The maximum Gasteiger partial charge on any atom is 0.416 e. The summed E-state index contributed by atoms with van der Waals surface area (Å²) in [4.78, 5) is 18.0. The lowest BCUT2D eigenvalue weighted by Crippen LogP contribution is -2.29. The first-order valence-electron chi connectivity index (χ1n) is 11.0. The molecule has 0 amide bonds. The number of carboxylic acids is 1. The lowest BCUT2D eigenvalue weighted by atomic mass is 10.0. The quantitative estimate of drug-likeness (QED) is 0.445. The number of fused-ring (bicyclic) bond motifs is 1. The van der Waals surface area contributed by atoms with Crippen molar-refractivity contribution in [1.29, 1.82) is 0 Å². The first kappa shape index (κ1) is 23.2. The summed E-state index contributed by atoms with van der Waals surface area (Å²) in [5.74, 6) is 0.658. The number of hydrogen-bond donors (Lipinski definition) is 1. The van der Waals surface area contributed by atoms with Crippen molar-refractivity contribution in [3.63, 3.8) is 0 Å². The first-order chi connectivity index (χ1) is 17.3. The van der Waals surface area contributed by atoms with Gasteiger partial charge in [-0.1, -0.05) is 36.4 Å². The van der Waals surface area contributed by atoms with Gasteiger partial charge in [-0.25, -0.2) is 9.79 Å². The highest BCUT2D eigenvalue weighted by Gasteiger charge is 2.31. The van der Waals surface area contributed by atoms with Gasteiger partial charge in [-0.05, 0) is 66.2 Å². The SMILES string of the molecule is O=C(O)C1=CCN2C(=C1)N=C(c1ccc(C(F)(F)F)cc1)C=C2c1ccc(Oc2ccccc2)cc1. The van der Waals surface area contributed by atoms with Crippen molar-refractivity contribution in [3.05, 3.63) is 125 Å². The molecular formula is C28H19F3N2O3. The molecule has 5 nitrogen and oxygen atoms in total. The summed E-state index contributed by atoms with van der Waals surface area (Å²) >= 11 is 0. The lowest BCUT2D eigenvalue weighted by Gasteiger charge is -2.32. The highest BCUT2D eigenvalue weighted by Crippen LogP contribution is 2.34. The predicted molar refractivity (Wildman–Crippen MR) is 129 cm³/mol. The largest absolute Gasteiger partial charge is 0.478 e. The number of para-hydroxylation sites is 1. The van der Waals surface area contributed by atoms with Crippen LogP contribution in [-0.2, 0) is 11.0 Å². The van der Waals surface area contributed by atoms with Gasteiger partial charge in [0.25, 0.3) is 0 Å². The number of carboxylic acid groups (broad SMARTS) is 1. The summed E-state index contributed by atoms with van der Waals surface area (Å²) in [5.41, 5.74) is 1.81. The molecule has 0 fully saturated rings. The van der Waals surface area contributed by atoms with Crippen molar-refractivity contribution in [1.82, 2.24) is 4.90 Å². The van der Waals surface area contributed by atoms with E-state index in [4.69, 9.17) is 4.74 Å². The van der Waals surface area contributed by atoms with Gasteiger partial charge in [0, 0.05) is 12.1 Å². The summed E-state index contributed by atoms with van der Waals surface area (Å²) in [6.07, 6.45) is 0.384. The molecule has 8 heteroatoms. The van der Waals surface area contributed by atoms with Crippen LogP contribution in [0.1, 0.15) is 16.7 Å². The van der Waals surface area contributed by atoms with Crippen LogP contribution in [0.4, 0.5) is 13.2 Å². The Morgan fingerprint density at radius 3 is 2.14 bits per heavy atom. The van der Waals surface area contributed by atoms with Gasteiger partial charge in [0.05, 0.1) is 22.5 Å². The number of ether oxygens (including phenoxy) is 1. The molecule has 2 aliphatic rings. The van der Waals surface area contributed by atoms with E-state index >= 15 is 0 Å². The van der Waals surface area contributed by atoms with E-state index in [0.29, 0.717) is 28.6 Å². The smallest absolute Gasteiger partial charge is 0.416 e. The number of hydrogen-bond acceptors (Lipinski definition) is 4. The highest BCUT2D eigenvalue weighted by molar-refractivity contribution is 6.13. The Morgan fingerprint density at radius 2 is 1.50 bits per heavy atom. The van der Waals surface area contributed by atoms with Crippen LogP contribution in [0.5, 0.6) is 11.5 Å². The number of allylic oxidation sites excluding steroid dienone is 1. The average molecular weight is 488 g/mol. The number of aliphatic imine (C=N–C) groups is 1. The molecule has 0 saturated carbocycles. The van der Waals surface area contributed by atoms with Gasteiger partial charge >= 0.3 is 12.1 Å². The van der Waals surface area contributed by atoms with Gasteiger partial charge < -0.3 is 14.7 Å². The van der Waals surface area contributed by atoms with Gasteiger partial charge in [-0.2, -0.15) is 13.2 Å². The second-order valence-electron chi connectivity index (χ2n) is 8.12. The van der Waals surface area contributed by atoms with E-state index in [1.807, 2.05) is 59.5 Å². The molecular weight excluding hydrogens is 469 g/mol. The molecule has 3 aromatic rings. The van der Waals surface area contributed by atoms with Gasteiger partial charge in [0.2, 0.25) is 0 Å². The minimum Gasteiger partial charge on any atom is -0.478 e. The van der Waals surface area contributed by atoms with E-state index in [2.05, 4.69) is 4.99 Å². The van der Waals surface area contributed by atoms with Crippen LogP contribution < -0.4 is 4.74 Å². The second kappa shape index (κ2) is 9.22. The third kappa shape index (κ3) is 4.79. The van der Waals surface area contributed by atoms with Crippen molar-refractivity contribution < 1.29 is 27.8 Å². The lowest BCUT2D eigenvalue weighted by molar-refractivity contribution is -0.137. The number of rotatable bonds is 5. The molecule has 2 heterocycles. The van der Waals surface area contributed by atoms with E-state index in [9.17, 15) is 23.1 Å². The van der Waals surface area contributed by atoms with Crippen molar-refractivity contribution in [2.75, 3.05) is 6.54 Å². The summed E-state index contributed by atoms with van der Waals surface area (Å²) in [6, 6.07) is 21.5. The predicted octanol–water partition coefficient (Wildman–Crippen LogP) is 6.51. The van der Waals surface area contributed by atoms with Crippen LogP contribution in [0.3, 0.4) is 0 Å². The number of benzene rings is 3. The van der Waals surface area contributed by atoms with Crippen molar-refractivity contribution in [3.8, 4) is 11.5 Å². The fourth-order valence-electron chi connectivity index (χ4n) is 3.92. The molecule has 36 heavy (non-hydrogen) atoms. The summed E-state index contributed by atoms with van der Waals surface area (Å²) in [5, 5.41) is 9.44. The zero-order chi connectivity index (χ0) is 25.3. The van der Waals surface area contributed by atoms with Crippen molar-refractivity contribution in [2.24, 2.45) is 4.99 Å². The van der Waals surface area contributed by atoms with Gasteiger partial charge in [-0.15, -0.1) is 0 Å². The van der Waals surface area contributed by atoms with E-state index in [1.54, 1.807) is 12.2 Å². The zero-order valence-electron chi connectivity index (χ0n) is 18.7. The van der Waals surface area contributed by atoms with Crippen molar-refractivity contribution >= 4 is 17.4 Å². The zero-order valence-corrected chi connectivity index (χ0v) is 18.7. The summed E-state index contributed by atoms with van der Waals surface area (Å²) in [7, 11) is 0. The van der Waals surface area contributed by atoms with E-state index in [1.165, 1.54) is 18.2 Å². The third-order valence-corrected chi connectivity index (χ3v) is 5.74. The van der Waals surface area contributed by atoms with Crippen LogP contribution in [0, 0.1) is 0 Å². The molecule has 180 valence electrons. The minimum atomic E-state index is -4.44. The van der Waals surface area contributed by atoms with E-state index in [-0.39, 0.29) is 12.1 Å². The standard InChI is InChI=1S/C28H19F3N2O3/c29-28(30,31)21-10-6-18(7-11-21)24-17-25(33-15-14-20(27(34)35)16-26(33)32-24)19-8-12-23(13-9-19)36-22-4-2-1-3-5-22/h1-14,16-17H,15H2,(H,34,35). The summed E-state index contributed by atoms with van der Waals surface area (Å²) in [6.45, 7) is 0.283. The molecule has 0 aromatic heterocycles. The Labute approximate surface area is 204 Å². The number of carbonyl (C=O) groups is 1. The van der Waals surface area contributed by atoms with Crippen LogP contribution in [0.15, 0.2) is 113 Å². The molecule has 0 aliphatic carbocycles. The van der Waals surface area contributed by atoms with Gasteiger partial charge in [0.1, 0.15) is 17.3 Å². The Kier molecular flexibility index (Phi) is 5.93. The van der Waals surface area contributed by atoms with Crippen LogP contribution in [-0.4, -0.2) is 28.2 Å². The molecule has 2 aliphatic heterocycles. The molecule has 0 bridgehead atoms. The Hall–Kier alpha value is -4.59. The fourth-order valence-corrected chi connectivity index (χ4v) is 3.92.